The maximum absolute atomic E-state index is 12.7. The number of hydrogen-bond acceptors (Lipinski definition) is 15. The van der Waals surface area contributed by atoms with E-state index in [0.717, 1.165) is 12.8 Å². The van der Waals surface area contributed by atoms with E-state index in [1.807, 2.05) is 25.2 Å². The molecule has 16 nitrogen and oxygen atoms in total. The van der Waals surface area contributed by atoms with Crippen LogP contribution in [0.4, 0.5) is 0 Å². The Morgan fingerprint density at radius 1 is 1.00 bits per heavy atom. The van der Waals surface area contributed by atoms with Crippen molar-refractivity contribution < 1.29 is 58.4 Å². The second-order valence-corrected chi connectivity index (χ2v) is 14.8. The lowest BCUT2D eigenvalue weighted by Crippen LogP contribution is -2.56. The number of cyclic esters (lactones) is 1. The first-order chi connectivity index (χ1) is 25.4. The Balaban J connectivity index is 1.30. The minimum atomic E-state index is -1.55. The number of methoxy groups -OCH3 is 1. The van der Waals surface area contributed by atoms with E-state index >= 15 is 0 Å². The summed E-state index contributed by atoms with van der Waals surface area (Å²) in [5.41, 5.74) is 0.397. The quantitative estimate of drug-likeness (QED) is 0.266. The van der Waals surface area contributed by atoms with Crippen LogP contribution in [0.1, 0.15) is 71.2 Å². The van der Waals surface area contributed by atoms with Crippen LogP contribution in [0.2, 0.25) is 0 Å². The highest BCUT2D eigenvalue weighted by molar-refractivity contribution is 5.71. The molecule has 0 saturated carbocycles. The Morgan fingerprint density at radius 3 is 2.51 bits per heavy atom. The fourth-order valence-corrected chi connectivity index (χ4v) is 7.53. The van der Waals surface area contributed by atoms with Crippen LogP contribution in [0.15, 0.2) is 42.3 Å². The molecule has 0 bridgehead atoms. The van der Waals surface area contributed by atoms with E-state index in [4.69, 9.17) is 33.2 Å². The molecule has 3 fully saturated rings. The van der Waals surface area contributed by atoms with E-state index in [2.05, 4.69) is 49.2 Å². The highest BCUT2D eigenvalue weighted by Crippen LogP contribution is 2.39. The summed E-state index contributed by atoms with van der Waals surface area (Å²) >= 11 is 0. The third-order valence-electron chi connectivity index (χ3n) is 10.5. The number of allylic oxidation sites excluding steroid dienone is 2. The Bertz CT molecular complexity index is 1400. The van der Waals surface area contributed by atoms with Crippen LogP contribution < -0.4 is 0 Å². The fourth-order valence-electron chi connectivity index (χ4n) is 7.53. The molecule has 1 aromatic rings. The van der Waals surface area contributed by atoms with Crippen molar-refractivity contribution in [3.8, 4) is 0 Å². The number of aliphatic hydroxyl groups is 4. The number of aromatic nitrogens is 3. The number of aliphatic hydroxyl groups excluding tert-OH is 4. The van der Waals surface area contributed by atoms with Crippen molar-refractivity contribution in [1.29, 1.82) is 0 Å². The highest BCUT2D eigenvalue weighted by Gasteiger charge is 2.45. The molecule has 4 N–H and O–H groups in total. The summed E-state index contributed by atoms with van der Waals surface area (Å²) in [7, 11) is 5.69. The maximum atomic E-state index is 12.7. The average Bonchev–Trinajstić information content (AvgIpc) is 3.76. The number of carbonyl (C=O) groups excluding carboxylic acids is 1. The molecule has 5 heterocycles. The zero-order valence-electron chi connectivity index (χ0n) is 31.5. The first-order valence-electron chi connectivity index (χ1n) is 18.6. The van der Waals surface area contributed by atoms with Crippen molar-refractivity contribution in [3.05, 3.63) is 48.0 Å². The van der Waals surface area contributed by atoms with Gasteiger partial charge in [-0.3, -0.25) is 4.79 Å². The normalized spacial score (nSPS) is 41.3. The molecule has 298 valence electrons. The minimum absolute atomic E-state index is 0.000713. The standard InChI is InChI=1S/C37H58N4O12/c1-21-16-24-17-32(48-20-25-18-41(39-38-25)37-35(46)34(45)33(44)29(19-42)52-37)53-36(24)28(47-6)13-14-30(43)49-22(2)10-8-7-9-11-27(21)51-31-15-12-26(40(4)5)23(3)50-31/h7-9,11,13,18,21-24,26-27,29,31-37,42,44-46H,10,12,14-17,19-20H2,1-6H3/b8-7+,11-9+,28-13-/t21-,22-,23-,24-,26+,27+,29+,31+,32-,33+,34-,35+,36-,37+/m1/s1. The van der Waals surface area contributed by atoms with E-state index in [9.17, 15) is 25.2 Å². The van der Waals surface area contributed by atoms with Crippen LogP contribution in [0.3, 0.4) is 0 Å². The van der Waals surface area contributed by atoms with Crippen molar-refractivity contribution in [2.24, 2.45) is 11.8 Å². The number of rotatable bonds is 9. The van der Waals surface area contributed by atoms with E-state index in [0.29, 0.717) is 36.8 Å². The van der Waals surface area contributed by atoms with Crippen molar-refractivity contribution in [2.45, 2.75) is 140 Å². The third-order valence-corrected chi connectivity index (χ3v) is 10.5. The number of nitrogens with zero attached hydrogens (tertiary/aromatic N) is 4. The summed E-state index contributed by atoms with van der Waals surface area (Å²) in [5.74, 6) is 0.0973. The third kappa shape index (κ3) is 10.7. The molecule has 0 aromatic carbocycles. The average molecular weight is 751 g/mol. The largest absolute Gasteiger partial charge is 0.499 e. The molecule has 5 rings (SSSR count). The van der Waals surface area contributed by atoms with Crippen LogP contribution in [-0.2, 0) is 44.6 Å². The van der Waals surface area contributed by atoms with Gasteiger partial charge in [0, 0.05) is 18.9 Å². The molecule has 0 unspecified atom stereocenters. The number of hydrogen-bond donors (Lipinski definition) is 4. The zero-order valence-corrected chi connectivity index (χ0v) is 31.5. The highest BCUT2D eigenvalue weighted by atomic mass is 16.7. The molecule has 0 radical (unpaired) electrons. The Kier molecular flexibility index (Phi) is 15.0. The van der Waals surface area contributed by atoms with Gasteiger partial charge in [0.25, 0.3) is 0 Å². The van der Waals surface area contributed by atoms with Gasteiger partial charge in [0.1, 0.15) is 48.1 Å². The van der Waals surface area contributed by atoms with Crippen LogP contribution in [0.5, 0.6) is 0 Å². The maximum Gasteiger partial charge on any atom is 0.310 e. The van der Waals surface area contributed by atoms with Crippen LogP contribution in [-0.4, -0.2) is 142 Å². The van der Waals surface area contributed by atoms with Gasteiger partial charge in [0.2, 0.25) is 0 Å². The molecule has 4 aliphatic heterocycles. The number of ether oxygens (including phenoxy) is 7. The lowest BCUT2D eigenvalue weighted by Gasteiger charge is -2.39. The second kappa shape index (κ2) is 19.2. The van der Waals surface area contributed by atoms with Gasteiger partial charge in [-0.05, 0) is 65.1 Å². The number of likely N-dealkylation sites (N-methyl/N-ethyl adjacent to an activating group) is 1. The molecule has 53 heavy (non-hydrogen) atoms. The van der Waals surface area contributed by atoms with Gasteiger partial charge in [-0.1, -0.05) is 36.4 Å². The lowest BCUT2D eigenvalue weighted by molar-refractivity contribution is -0.254. The van der Waals surface area contributed by atoms with Crippen LogP contribution in [0.25, 0.3) is 0 Å². The van der Waals surface area contributed by atoms with Crippen molar-refractivity contribution in [2.75, 3.05) is 27.8 Å². The summed E-state index contributed by atoms with van der Waals surface area (Å²) in [5, 5.41) is 48.6. The van der Waals surface area contributed by atoms with Crippen molar-refractivity contribution in [3.63, 3.8) is 0 Å². The first kappa shape index (κ1) is 41.4. The lowest BCUT2D eigenvalue weighted by atomic mass is 9.86. The van der Waals surface area contributed by atoms with Crippen LogP contribution >= 0.6 is 0 Å². The number of fused-ring (bicyclic) bond motifs is 1. The van der Waals surface area contributed by atoms with Gasteiger partial charge in [-0.2, -0.15) is 0 Å². The van der Waals surface area contributed by atoms with Crippen molar-refractivity contribution >= 4 is 5.97 Å². The minimum Gasteiger partial charge on any atom is -0.499 e. The van der Waals surface area contributed by atoms with Gasteiger partial charge in [-0.25, -0.2) is 4.68 Å². The van der Waals surface area contributed by atoms with E-state index in [-0.39, 0.29) is 55.4 Å². The Labute approximate surface area is 311 Å². The predicted octanol–water partition coefficient (Wildman–Crippen LogP) is 1.73. The smallest absolute Gasteiger partial charge is 0.310 e. The number of carbonyl (C=O) groups is 1. The van der Waals surface area contributed by atoms with Gasteiger partial charge >= 0.3 is 5.97 Å². The molecule has 0 amide bonds. The molecule has 0 spiro atoms. The van der Waals surface area contributed by atoms with E-state index in [1.165, 1.54) is 10.9 Å². The SMILES string of the molecule is CO/C1=C\CC(=O)O[C@H](C)C/C=C/C=C/[C@H](O[C@H]2CC[C@H](N(C)C)[C@@H](C)O2)[C@H](C)C[C@@H]2C[C@H](OCc3cn([C@H]4O[C@@H](CO)[C@H](O)[C@@H](O)[C@@H]4O)nn3)O[C@@H]12. The zero-order chi connectivity index (χ0) is 38.2. The van der Waals surface area contributed by atoms with Gasteiger partial charge in [-0.15, -0.1) is 5.10 Å². The summed E-state index contributed by atoms with van der Waals surface area (Å²) in [6.45, 7) is 5.53. The van der Waals surface area contributed by atoms with E-state index < -0.39 is 49.6 Å². The molecule has 4 aliphatic rings. The summed E-state index contributed by atoms with van der Waals surface area (Å²) < 4.78 is 43.9. The van der Waals surface area contributed by atoms with Crippen LogP contribution in [0, 0.1) is 11.8 Å². The van der Waals surface area contributed by atoms with Gasteiger partial charge in [0.05, 0.1) is 45.1 Å². The second-order valence-electron chi connectivity index (χ2n) is 14.8. The van der Waals surface area contributed by atoms with Gasteiger partial charge < -0.3 is 58.5 Å². The van der Waals surface area contributed by atoms with E-state index in [1.54, 1.807) is 13.2 Å². The molecule has 1 aromatic heterocycles. The monoisotopic (exact) mass is 750 g/mol. The first-order valence-corrected chi connectivity index (χ1v) is 18.6. The van der Waals surface area contributed by atoms with Gasteiger partial charge in [0.15, 0.2) is 18.8 Å². The predicted molar refractivity (Wildman–Crippen MR) is 188 cm³/mol. The molecular weight excluding hydrogens is 692 g/mol. The fraction of sp³-hybridized carbons (Fsp3) is 0.757. The summed E-state index contributed by atoms with van der Waals surface area (Å²) in [6, 6.07) is 0.323. The Morgan fingerprint density at radius 2 is 1.79 bits per heavy atom. The number of esters is 1. The molecular formula is C37H58N4O12. The molecule has 14 atom stereocenters. The Hall–Kier alpha value is -2.77. The summed E-state index contributed by atoms with van der Waals surface area (Å²) in [6.07, 6.45) is 5.80. The topological polar surface area (TPSA) is 197 Å². The molecule has 16 heteroatoms. The summed E-state index contributed by atoms with van der Waals surface area (Å²) in [4.78, 5) is 14.9. The molecule has 3 saturated heterocycles. The molecule has 0 aliphatic carbocycles. The van der Waals surface area contributed by atoms with Crippen molar-refractivity contribution in [1.82, 2.24) is 19.9 Å².